The third-order valence-corrected chi connectivity index (χ3v) is 2.94. The van der Waals surface area contributed by atoms with Crippen LogP contribution in [0.3, 0.4) is 0 Å². The van der Waals surface area contributed by atoms with Crippen LogP contribution in [0.5, 0.6) is 0 Å². The molecule has 0 aliphatic heterocycles. The van der Waals surface area contributed by atoms with E-state index < -0.39 is 0 Å². The van der Waals surface area contributed by atoms with Crippen molar-refractivity contribution in [3.63, 3.8) is 0 Å². The molecule has 0 aliphatic carbocycles. The maximum atomic E-state index is 12.2. The molecule has 0 radical (unpaired) electrons. The SMILES string of the molecule is CCOCCN(CCOCC)C(=O)c1cscn1. The first-order valence-electron chi connectivity index (χ1n) is 6.12. The van der Waals surface area contributed by atoms with Crippen LogP contribution >= 0.6 is 11.3 Å². The summed E-state index contributed by atoms with van der Waals surface area (Å²) >= 11 is 1.42. The van der Waals surface area contributed by atoms with Gasteiger partial charge in [0.05, 0.1) is 18.7 Å². The van der Waals surface area contributed by atoms with E-state index in [2.05, 4.69) is 4.98 Å². The summed E-state index contributed by atoms with van der Waals surface area (Å²) in [5.74, 6) is -0.0596. The molecule has 1 rings (SSSR count). The Labute approximate surface area is 112 Å². The van der Waals surface area contributed by atoms with Crippen LogP contribution in [0, 0.1) is 0 Å². The molecular weight excluding hydrogens is 252 g/mol. The van der Waals surface area contributed by atoms with Crippen LogP contribution in [0.1, 0.15) is 24.3 Å². The summed E-state index contributed by atoms with van der Waals surface area (Å²) in [7, 11) is 0. The fourth-order valence-electron chi connectivity index (χ4n) is 1.43. The fraction of sp³-hybridized carbons (Fsp3) is 0.667. The molecule has 5 nitrogen and oxygen atoms in total. The molecule has 0 bridgehead atoms. The topological polar surface area (TPSA) is 51.7 Å². The Morgan fingerprint density at radius 1 is 1.28 bits per heavy atom. The molecule has 0 saturated carbocycles. The predicted molar refractivity (Wildman–Crippen MR) is 71.0 cm³/mol. The Kier molecular flexibility index (Phi) is 7.55. The van der Waals surface area contributed by atoms with Gasteiger partial charge in [-0.15, -0.1) is 11.3 Å². The van der Waals surface area contributed by atoms with E-state index in [1.54, 1.807) is 15.8 Å². The molecule has 0 N–H and O–H groups in total. The lowest BCUT2D eigenvalue weighted by Gasteiger charge is -2.21. The Morgan fingerprint density at radius 3 is 2.33 bits per heavy atom. The van der Waals surface area contributed by atoms with Crippen molar-refractivity contribution in [1.29, 1.82) is 0 Å². The molecule has 1 aromatic rings. The number of nitrogens with zero attached hydrogens (tertiary/aromatic N) is 2. The molecule has 102 valence electrons. The van der Waals surface area contributed by atoms with Gasteiger partial charge in [0.2, 0.25) is 0 Å². The van der Waals surface area contributed by atoms with Crippen molar-refractivity contribution in [3.05, 3.63) is 16.6 Å². The monoisotopic (exact) mass is 272 g/mol. The number of aromatic nitrogens is 1. The standard InChI is InChI=1S/C12H20N2O3S/c1-3-16-7-5-14(6-8-17-4-2)12(15)11-9-18-10-13-11/h9-10H,3-8H2,1-2H3. The van der Waals surface area contributed by atoms with E-state index in [9.17, 15) is 4.79 Å². The van der Waals surface area contributed by atoms with Crippen molar-refractivity contribution in [2.24, 2.45) is 0 Å². The average Bonchev–Trinajstić information content (AvgIpc) is 2.90. The number of carbonyl (C=O) groups is 1. The highest BCUT2D eigenvalue weighted by Crippen LogP contribution is 2.05. The third kappa shape index (κ3) is 5.12. The van der Waals surface area contributed by atoms with Crippen molar-refractivity contribution in [2.45, 2.75) is 13.8 Å². The van der Waals surface area contributed by atoms with Gasteiger partial charge < -0.3 is 14.4 Å². The predicted octanol–water partition coefficient (Wildman–Crippen LogP) is 1.66. The first-order chi connectivity index (χ1) is 8.79. The zero-order valence-corrected chi connectivity index (χ0v) is 11.7. The van der Waals surface area contributed by atoms with Crippen molar-refractivity contribution in [2.75, 3.05) is 39.5 Å². The third-order valence-electron chi connectivity index (χ3n) is 2.36. The largest absolute Gasteiger partial charge is 0.380 e. The van der Waals surface area contributed by atoms with Gasteiger partial charge in [0, 0.05) is 31.7 Å². The molecule has 0 aliphatic rings. The van der Waals surface area contributed by atoms with Crippen molar-refractivity contribution in [3.8, 4) is 0 Å². The number of ether oxygens (including phenoxy) is 2. The van der Waals surface area contributed by atoms with E-state index in [0.717, 1.165) is 0 Å². The van der Waals surface area contributed by atoms with Gasteiger partial charge in [0.15, 0.2) is 0 Å². The first-order valence-corrected chi connectivity index (χ1v) is 7.06. The van der Waals surface area contributed by atoms with E-state index in [1.807, 2.05) is 13.8 Å². The molecule has 6 heteroatoms. The number of hydrogen-bond donors (Lipinski definition) is 0. The van der Waals surface area contributed by atoms with Gasteiger partial charge in [-0.3, -0.25) is 4.79 Å². The van der Waals surface area contributed by atoms with Crippen LogP contribution in [-0.4, -0.2) is 55.3 Å². The molecule has 1 amide bonds. The maximum absolute atomic E-state index is 12.2. The molecule has 0 aromatic carbocycles. The number of thiazole rings is 1. The van der Waals surface area contributed by atoms with Crippen LogP contribution in [-0.2, 0) is 9.47 Å². The summed E-state index contributed by atoms with van der Waals surface area (Å²) < 4.78 is 10.6. The normalized spacial score (nSPS) is 10.6. The number of rotatable bonds is 9. The van der Waals surface area contributed by atoms with Crippen LogP contribution in [0.25, 0.3) is 0 Å². The van der Waals surface area contributed by atoms with Gasteiger partial charge in [0.1, 0.15) is 5.69 Å². The smallest absolute Gasteiger partial charge is 0.273 e. The average molecular weight is 272 g/mol. The zero-order chi connectivity index (χ0) is 13.2. The minimum atomic E-state index is -0.0596. The second kappa shape index (κ2) is 9.02. The molecule has 1 heterocycles. The molecule has 0 saturated heterocycles. The molecular formula is C12H20N2O3S. The summed E-state index contributed by atoms with van der Waals surface area (Å²) in [6.45, 7) is 7.40. The minimum absolute atomic E-state index is 0.0596. The lowest BCUT2D eigenvalue weighted by Crippen LogP contribution is -2.37. The van der Waals surface area contributed by atoms with Crippen LogP contribution in [0.4, 0.5) is 0 Å². The van der Waals surface area contributed by atoms with E-state index in [1.165, 1.54) is 11.3 Å². The van der Waals surface area contributed by atoms with E-state index in [-0.39, 0.29) is 5.91 Å². The van der Waals surface area contributed by atoms with Gasteiger partial charge in [-0.05, 0) is 13.8 Å². The second-order valence-electron chi connectivity index (χ2n) is 3.56. The molecule has 18 heavy (non-hydrogen) atoms. The summed E-state index contributed by atoms with van der Waals surface area (Å²) in [6.07, 6.45) is 0. The second-order valence-corrected chi connectivity index (χ2v) is 4.28. The summed E-state index contributed by atoms with van der Waals surface area (Å²) in [5.41, 5.74) is 2.16. The van der Waals surface area contributed by atoms with Crippen LogP contribution in [0.15, 0.2) is 10.9 Å². The van der Waals surface area contributed by atoms with Gasteiger partial charge in [0.25, 0.3) is 5.91 Å². The quantitative estimate of drug-likeness (QED) is 0.642. The van der Waals surface area contributed by atoms with Gasteiger partial charge in [-0.2, -0.15) is 0 Å². The van der Waals surface area contributed by atoms with Crippen molar-refractivity contribution in [1.82, 2.24) is 9.88 Å². The fourth-order valence-corrected chi connectivity index (χ4v) is 1.96. The van der Waals surface area contributed by atoms with E-state index in [4.69, 9.17) is 9.47 Å². The maximum Gasteiger partial charge on any atom is 0.273 e. The molecule has 0 unspecified atom stereocenters. The minimum Gasteiger partial charge on any atom is -0.380 e. The van der Waals surface area contributed by atoms with Crippen LogP contribution < -0.4 is 0 Å². The molecule has 0 spiro atoms. The van der Waals surface area contributed by atoms with Gasteiger partial charge >= 0.3 is 0 Å². The van der Waals surface area contributed by atoms with Crippen LogP contribution in [0.2, 0.25) is 0 Å². The molecule has 1 aromatic heterocycles. The van der Waals surface area contributed by atoms with E-state index >= 15 is 0 Å². The highest BCUT2D eigenvalue weighted by molar-refractivity contribution is 7.07. The first kappa shape index (κ1) is 15.1. The number of amides is 1. The zero-order valence-electron chi connectivity index (χ0n) is 10.9. The number of hydrogen-bond acceptors (Lipinski definition) is 5. The summed E-state index contributed by atoms with van der Waals surface area (Å²) in [5, 5.41) is 1.76. The lowest BCUT2D eigenvalue weighted by atomic mass is 10.3. The Bertz CT molecular complexity index is 320. The molecule has 0 fully saturated rings. The lowest BCUT2D eigenvalue weighted by molar-refractivity contribution is 0.0546. The highest BCUT2D eigenvalue weighted by Gasteiger charge is 2.16. The van der Waals surface area contributed by atoms with Gasteiger partial charge in [-0.1, -0.05) is 0 Å². The van der Waals surface area contributed by atoms with Gasteiger partial charge in [-0.25, -0.2) is 4.98 Å². The summed E-state index contributed by atoms with van der Waals surface area (Å²) in [6, 6.07) is 0. The Balaban J connectivity index is 2.49. The number of carbonyl (C=O) groups excluding carboxylic acids is 1. The van der Waals surface area contributed by atoms with Crippen molar-refractivity contribution >= 4 is 17.2 Å². The van der Waals surface area contributed by atoms with E-state index in [0.29, 0.717) is 45.2 Å². The molecule has 0 atom stereocenters. The van der Waals surface area contributed by atoms with Crippen molar-refractivity contribution < 1.29 is 14.3 Å². The Hall–Kier alpha value is -0.980. The Morgan fingerprint density at radius 2 is 1.89 bits per heavy atom. The highest BCUT2D eigenvalue weighted by atomic mass is 32.1. The summed E-state index contributed by atoms with van der Waals surface area (Å²) in [4.78, 5) is 17.9.